The van der Waals surface area contributed by atoms with Crippen molar-refractivity contribution in [1.29, 1.82) is 0 Å². The third-order valence-corrected chi connectivity index (χ3v) is 6.51. The number of primary amides is 1. The molecular weight excluding hydrogens is 454 g/mol. The molecule has 2 fully saturated rings. The third kappa shape index (κ3) is 5.04. The molecule has 3 atom stereocenters. The second-order valence-corrected chi connectivity index (χ2v) is 9.02. The Hall–Kier alpha value is -3.74. The van der Waals surface area contributed by atoms with E-state index in [1.807, 2.05) is 10.6 Å². The number of imidazole rings is 1. The number of H-pyrrole nitrogens is 1. The molecule has 1 saturated heterocycles. The largest absolute Gasteiger partial charge is 0.446 e. The van der Waals surface area contributed by atoms with Gasteiger partial charge in [0.2, 0.25) is 5.91 Å². The molecule has 1 aliphatic heterocycles. The van der Waals surface area contributed by atoms with Crippen LogP contribution in [0, 0.1) is 0 Å². The van der Waals surface area contributed by atoms with Gasteiger partial charge in [-0.3, -0.25) is 14.5 Å². The predicted molar refractivity (Wildman–Crippen MR) is 126 cm³/mol. The second kappa shape index (κ2) is 9.86. The van der Waals surface area contributed by atoms with Crippen LogP contribution in [0.1, 0.15) is 56.4 Å². The van der Waals surface area contributed by atoms with Crippen molar-refractivity contribution in [3.8, 4) is 0 Å². The standard InChI is InChI=1S/C22H29N9O4/c1-30(20-19-21(25-11-24-20)31(12-26-19)18-4-2-3-7-34-18)10-17(32)27-16-9-15(28-29-16)13-5-6-14(8-13)35-22(23)33/h9,11-14,18H,2-8,10H2,1H3,(H2,23,33)(H2,27,28,29,32). The summed E-state index contributed by atoms with van der Waals surface area (Å²) in [7, 11) is 1.78. The summed E-state index contributed by atoms with van der Waals surface area (Å²) in [5, 5.41) is 10.0. The highest BCUT2D eigenvalue weighted by Gasteiger charge is 2.30. The van der Waals surface area contributed by atoms with Gasteiger partial charge in [0.05, 0.1) is 18.6 Å². The molecule has 0 spiro atoms. The van der Waals surface area contributed by atoms with Crippen molar-refractivity contribution in [1.82, 2.24) is 29.7 Å². The van der Waals surface area contributed by atoms with Gasteiger partial charge in [-0.05, 0) is 38.5 Å². The summed E-state index contributed by atoms with van der Waals surface area (Å²) in [6.07, 6.45) is 7.46. The highest BCUT2D eigenvalue weighted by Crippen LogP contribution is 2.35. The Morgan fingerprint density at radius 2 is 2.17 bits per heavy atom. The van der Waals surface area contributed by atoms with Gasteiger partial charge in [0.15, 0.2) is 17.0 Å². The van der Waals surface area contributed by atoms with Crippen LogP contribution < -0.4 is 16.0 Å². The van der Waals surface area contributed by atoms with E-state index in [1.54, 1.807) is 18.3 Å². The molecule has 0 bridgehead atoms. The molecule has 186 valence electrons. The van der Waals surface area contributed by atoms with Gasteiger partial charge in [-0.15, -0.1) is 0 Å². The molecule has 5 rings (SSSR count). The number of carbonyl (C=O) groups is 2. The van der Waals surface area contributed by atoms with Crippen LogP contribution in [-0.2, 0) is 14.3 Å². The SMILES string of the molecule is CN(CC(=O)Nc1cc(C2CCC(OC(N)=O)C2)n[nH]1)c1ncnc2c1ncn2C1CCCCO1. The highest BCUT2D eigenvalue weighted by molar-refractivity contribution is 5.94. The first-order valence-corrected chi connectivity index (χ1v) is 11.8. The van der Waals surface area contributed by atoms with Gasteiger partial charge in [-0.2, -0.15) is 5.10 Å². The van der Waals surface area contributed by atoms with Crippen molar-refractivity contribution >= 4 is 34.8 Å². The van der Waals surface area contributed by atoms with Crippen molar-refractivity contribution < 1.29 is 19.1 Å². The van der Waals surface area contributed by atoms with Crippen LogP contribution in [0.5, 0.6) is 0 Å². The average molecular weight is 484 g/mol. The van der Waals surface area contributed by atoms with Gasteiger partial charge in [0, 0.05) is 25.6 Å². The zero-order chi connectivity index (χ0) is 24.4. The van der Waals surface area contributed by atoms with E-state index in [-0.39, 0.29) is 30.7 Å². The Balaban J connectivity index is 1.21. The number of fused-ring (bicyclic) bond motifs is 1. The minimum absolute atomic E-state index is 0.0607. The lowest BCUT2D eigenvalue weighted by Crippen LogP contribution is -2.31. The smallest absolute Gasteiger partial charge is 0.404 e. The van der Waals surface area contributed by atoms with Crippen molar-refractivity contribution in [3.05, 3.63) is 24.4 Å². The lowest BCUT2D eigenvalue weighted by Gasteiger charge is -2.24. The fourth-order valence-electron chi connectivity index (χ4n) is 4.84. The van der Waals surface area contributed by atoms with Crippen LogP contribution in [0.4, 0.5) is 16.4 Å². The summed E-state index contributed by atoms with van der Waals surface area (Å²) in [6, 6.07) is 1.81. The minimum Gasteiger partial charge on any atom is -0.446 e. The zero-order valence-corrected chi connectivity index (χ0v) is 19.5. The Labute approximate surface area is 201 Å². The number of nitrogens with two attached hydrogens (primary N) is 1. The summed E-state index contributed by atoms with van der Waals surface area (Å²) in [5.74, 6) is 0.980. The minimum atomic E-state index is -0.759. The van der Waals surface area contributed by atoms with E-state index in [1.165, 1.54) is 6.33 Å². The van der Waals surface area contributed by atoms with Gasteiger partial charge in [-0.25, -0.2) is 19.7 Å². The third-order valence-electron chi connectivity index (χ3n) is 6.51. The topological polar surface area (TPSA) is 166 Å². The molecule has 3 aromatic rings. The maximum atomic E-state index is 12.7. The highest BCUT2D eigenvalue weighted by atomic mass is 16.6. The molecule has 3 aromatic heterocycles. The molecule has 1 aliphatic carbocycles. The second-order valence-electron chi connectivity index (χ2n) is 9.02. The van der Waals surface area contributed by atoms with Crippen molar-refractivity contribution in [2.75, 3.05) is 30.4 Å². The van der Waals surface area contributed by atoms with Crippen molar-refractivity contribution in [2.24, 2.45) is 5.73 Å². The Kier molecular flexibility index (Phi) is 6.49. The van der Waals surface area contributed by atoms with Crippen molar-refractivity contribution in [2.45, 2.75) is 56.8 Å². The van der Waals surface area contributed by atoms with E-state index >= 15 is 0 Å². The summed E-state index contributed by atoms with van der Waals surface area (Å²) in [5.41, 5.74) is 7.23. The number of nitrogens with one attached hydrogen (secondary N) is 2. The van der Waals surface area contributed by atoms with Gasteiger partial charge < -0.3 is 25.4 Å². The fraction of sp³-hybridized carbons (Fsp3) is 0.545. The quantitative estimate of drug-likeness (QED) is 0.456. The van der Waals surface area contributed by atoms with E-state index in [9.17, 15) is 9.59 Å². The average Bonchev–Trinajstić information content (AvgIpc) is 3.58. The molecule has 4 N–H and O–H groups in total. The van der Waals surface area contributed by atoms with Gasteiger partial charge in [-0.1, -0.05) is 0 Å². The molecular formula is C22H29N9O4. The van der Waals surface area contributed by atoms with Crippen LogP contribution in [0.2, 0.25) is 0 Å². The Morgan fingerprint density at radius 1 is 1.29 bits per heavy atom. The first-order valence-electron chi connectivity index (χ1n) is 11.8. The molecule has 35 heavy (non-hydrogen) atoms. The molecule has 3 unspecified atom stereocenters. The summed E-state index contributed by atoms with van der Waals surface area (Å²) < 4.78 is 12.9. The van der Waals surface area contributed by atoms with Crippen LogP contribution in [0.25, 0.3) is 11.2 Å². The summed E-state index contributed by atoms with van der Waals surface area (Å²) in [6.45, 7) is 0.783. The van der Waals surface area contributed by atoms with E-state index in [0.717, 1.165) is 44.4 Å². The number of ether oxygens (including phenoxy) is 2. The summed E-state index contributed by atoms with van der Waals surface area (Å²) in [4.78, 5) is 38.7. The van der Waals surface area contributed by atoms with E-state index in [2.05, 4.69) is 30.5 Å². The van der Waals surface area contributed by atoms with Crippen LogP contribution >= 0.6 is 0 Å². The molecule has 0 aromatic carbocycles. The van der Waals surface area contributed by atoms with Crippen LogP contribution in [-0.4, -0.2) is 68.0 Å². The van der Waals surface area contributed by atoms with Gasteiger partial charge in [0.1, 0.15) is 24.5 Å². The number of amides is 2. The lowest BCUT2D eigenvalue weighted by molar-refractivity contribution is -0.115. The number of hydrogen-bond donors (Lipinski definition) is 3. The maximum Gasteiger partial charge on any atom is 0.404 e. The van der Waals surface area contributed by atoms with Gasteiger partial charge in [0.25, 0.3) is 0 Å². The zero-order valence-electron chi connectivity index (χ0n) is 19.5. The molecule has 2 amide bonds. The predicted octanol–water partition coefficient (Wildman–Crippen LogP) is 2.05. The Morgan fingerprint density at radius 3 is 2.97 bits per heavy atom. The van der Waals surface area contributed by atoms with Crippen molar-refractivity contribution in [3.63, 3.8) is 0 Å². The molecule has 4 heterocycles. The van der Waals surface area contributed by atoms with E-state index in [0.29, 0.717) is 29.2 Å². The van der Waals surface area contributed by atoms with Crippen LogP contribution in [0.15, 0.2) is 18.7 Å². The molecule has 13 nitrogen and oxygen atoms in total. The molecule has 2 aliphatic rings. The number of anilines is 2. The van der Waals surface area contributed by atoms with Crippen LogP contribution in [0.3, 0.4) is 0 Å². The molecule has 13 heteroatoms. The maximum absolute atomic E-state index is 12.7. The number of likely N-dealkylation sites (N-methyl/N-ethyl adjacent to an activating group) is 1. The summed E-state index contributed by atoms with van der Waals surface area (Å²) >= 11 is 0. The first kappa shape index (κ1) is 23.0. The van der Waals surface area contributed by atoms with E-state index < -0.39 is 6.09 Å². The number of aromatic nitrogens is 6. The van der Waals surface area contributed by atoms with Gasteiger partial charge >= 0.3 is 6.09 Å². The number of aromatic amines is 1. The first-order chi connectivity index (χ1) is 17.0. The number of rotatable bonds is 7. The number of hydrogen-bond acceptors (Lipinski definition) is 9. The molecule has 1 saturated carbocycles. The normalized spacial score (nSPS) is 22.3. The Bertz CT molecular complexity index is 1200. The number of carbonyl (C=O) groups excluding carboxylic acids is 2. The monoisotopic (exact) mass is 483 g/mol. The fourth-order valence-corrected chi connectivity index (χ4v) is 4.84. The van der Waals surface area contributed by atoms with E-state index in [4.69, 9.17) is 15.2 Å². The lowest BCUT2D eigenvalue weighted by atomic mass is 10.0. The number of nitrogens with zero attached hydrogens (tertiary/aromatic N) is 6. The molecule has 0 radical (unpaired) electrons.